The van der Waals surface area contributed by atoms with Gasteiger partial charge in [0.15, 0.2) is 17.2 Å². The molecule has 1 aliphatic carbocycles. The molecule has 194 valence electrons. The van der Waals surface area contributed by atoms with Gasteiger partial charge in [-0.3, -0.25) is 4.79 Å². The number of piperidine rings is 1. The van der Waals surface area contributed by atoms with Crippen molar-refractivity contribution in [3.8, 4) is 0 Å². The fourth-order valence-electron chi connectivity index (χ4n) is 5.46. The average Bonchev–Trinajstić information content (AvgIpc) is 3.27. The van der Waals surface area contributed by atoms with Gasteiger partial charge in [0.2, 0.25) is 0 Å². The van der Waals surface area contributed by atoms with Crippen molar-refractivity contribution in [2.24, 2.45) is 17.6 Å². The van der Waals surface area contributed by atoms with Gasteiger partial charge >= 0.3 is 5.97 Å². The Morgan fingerprint density at radius 1 is 1.03 bits per heavy atom. The number of fused-ring (bicyclic) bond motifs is 1. The van der Waals surface area contributed by atoms with E-state index in [-0.39, 0.29) is 11.8 Å². The van der Waals surface area contributed by atoms with E-state index in [9.17, 15) is 13.6 Å². The molecule has 2 aromatic rings. The second-order valence-electron chi connectivity index (χ2n) is 10.2. The third-order valence-corrected chi connectivity index (χ3v) is 7.83. The number of ether oxygens (including phenoxy) is 1. The monoisotopic (exact) mass is 493 g/mol. The number of aromatic nitrogens is 1. The lowest BCUT2D eigenvalue weighted by Gasteiger charge is -2.33. The Hall–Kier alpha value is -2.10. The molecule has 0 spiro atoms. The third-order valence-electron chi connectivity index (χ3n) is 7.83. The van der Waals surface area contributed by atoms with Crippen LogP contribution in [0.4, 0.5) is 8.78 Å². The van der Waals surface area contributed by atoms with Crippen molar-refractivity contribution < 1.29 is 27.9 Å². The summed E-state index contributed by atoms with van der Waals surface area (Å²) in [6, 6.07) is 2.72. The summed E-state index contributed by atoms with van der Waals surface area (Å²) in [6.07, 6.45) is 9.45. The van der Waals surface area contributed by atoms with Crippen LogP contribution in [0.25, 0.3) is 11.0 Å². The predicted octanol–water partition coefficient (Wildman–Crippen LogP) is 4.69. The first-order valence-electron chi connectivity index (χ1n) is 12.9. The van der Waals surface area contributed by atoms with Crippen LogP contribution in [-0.4, -0.2) is 60.0 Å². The maximum absolute atomic E-state index is 13.6. The highest BCUT2D eigenvalue weighted by Crippen LogP contribution is 2.34. The molecule has 1 saturated carbocycles. The fraction of sp³-hybridized carbons (Fsp3) is 0.692. The van der Waals surface area contributed by atoms with Crippen molar-refractivity contribution in [1.29, 1.82) is 0 Å². The Labute approximate surface area is 205 Å². The summed E-state index contributed by atoms with van der Waals surface area (Å²) in [4.78, 5) is 12.8. The summed E-state index contributed by atoms with van der Waals surface area (Å²) < 4.78 is 37.1. The number of carboxylic acid groups (broad SMARTS) is 1. The quantitative estimate of drug-likeness (QED) is 0.623. The van der Waals surface area contributed by atoms with E-state index in [2.05, 4.69) is 10.1 Å². The van der Waals surface area contributed by atoms with Crippen molar-refractivity contribution in [3.05, 3.63) is 29.5 Å². The minimum atomic E-state index is -0.890. The molecule has 2 aliphatic heterocycles. The predicted molar refractivity (Wildman–Crippen MR) is 128 cm³/mol. The first-order chi connectivity index (χ1) is 16.9. The number of carboxylic acids is 1. The smallest absolute Gasteiger partial charge is 0.306 e. The summed E-state index contributed by atoms with van der Waals surface area (Å²) in [5, 5.41) is 13.2. The molecule has 3 heterocycles. The topological polar surface area (TPSA) is 102 Å². The van der Waals surface area contributed by atoms with Gasteiger partial charge in [-0.15, -0.1) is 0 Å². The zero-order valence-electron chi connectivity index (χ0n) is 20.3. The second kappa shape index (κ2) is 12.2. The van der Waals surface area contributed by atoms with E-state index >= 15 is 0 Å². The van der Waals surface area contributed by atoms with Gasteiger partial charge in [0, 0.05) is 36.6 Å². The Kier molecular flexibility index (Phi) is 9.08. The number of nitrogens with two attached hydrogens (primary N) is 1. The van der Waals surface area contributed by atoms with Crippen molar-refractivity contribution in [2.75, 3.05) is 32.8 Å². The number of benzene rings is 1. The second-order valence-corrected chi connectivity index (χ2v) is 10.2. The Bertz CT molecular complexity index is 963. The van der Waals surface area contributed by atoms with E-state index in [1.807, 2.05) is 0 Å². The van der Waals surface area contributed by atoms with Crippen LogP contribution in [0.2, 0.25) is 0 Å². The van der Waals surface area contributed by atoms with Gasteiger partial charge in [-0.25, -0.2) is 8.78 Å². The molecule has 3 N–H and O–H groups in total. The molecule has 0 amide bonds. The van der Waals surface area contributed by atoms with Gasteiger partial charge in [-0.2, -0.15) is 0 Å². The first kappa shape index (κ1) is 26.0. The van der Waals surface area contributed by atoms with Gasteiger partial charge in [-0.05, 0) is 89.4 Å². The molecule has 0 atom stereocenters. The van der Waals surface area contributed by atoms with E-state index in [1.165, 1.54) is 38.2 Å². The Morgan fingerprint density at radius 3 is 2.31 bits per heavy atom. The van der Waals surface area contributed by atoms with Crippen LogP contribution in [0.15, 0.2) is 16.7 Å². The lowest BCUT2D eigenvalue weighted by Crippen LogP contribution is -2.35. The highest BCUT2D eigenvalue weighted by atomic mass is 19.2. The number of hydrogen-bond acceptors (Lipinski definition) is 6. The maximum Gasteiger partial charge on any atom is 0.306 e. The van der Waals surface area contributed by atoms with Crippen molar-refractivity contribution in [1.82, 2.24) is 10.1 Å². The van der Waals surface area contributed by atoms with Crippen LogP contribution >= 0.6 is 0 Å². The molecule has 7 nitrogen and oxygen atoms in total. The van der Waals surface area contributed by atoms with Crippen molar-refractivity contribution in [3.63, 3.8) is 0 Å². The van der Waals surface area contributed by atoms with Crippen LogP contribution in [-0.2, 0) is 9.53 Å². The number of hydrogen-bond donors (Lipinski definition) is 2. The summed E-state index contributed by atoms with van der Waals surface area (Å²) in [7, 11) is 0. The fourth-order valence-corrected chi connectivity index (χ4v) is 5.46. The van der Waals surface area contributed by atoms with E-state index in [1.54, 1.807) is 0 Å². The molecule has 3 fully saturated rings. The molecule has 0 radical (unpaired) electrons. The molecule has 2 saturated heterocycles. The van der Waals surface area contributed by atoms with Gasteiger partial charge in [0.1, 0.15) is 0 Å². The number of carbonyl (C=O) groups is 1. The normalized spacial score (nSPS) is 24.8. The van der Waals surface area contributed by atoms with Gasteiger partial charge in [0.05, 0.1) is 11.6 Å². The molecule has 0 bridgehead atoms. The zero-order chi connectivity index (χ0) is 24.8. The van der Waals surface area contributed by atoms with Crippen LogP contribution < -0.4 is 5.73 Å². The highest BCUT2D eigenvalue weighted by Gasteiger charge is 2.27. The summed E-state index contributed by atoms with van der Waals surface area (Å²) in [6.45, 7) is 4.41. The van der Waals surface area contributed by atoms with Crippen molar-refractivity contribution >= 4 is 16.9 Å². The number of nitrogens with zero attached hydrogens (tertiary/aromatic N) is 2. The maximum atomic E-state index is 13.6. The van der Waals surface area contributed by atoms with E-state index in [4.69, 9.17) is 20.1 Å². The Morgan fingerprint density at radius 2 is 1.69 bits per heavy atom. The van der Waals surface area contributed by atoms with Gasteiger partial charge in [-0.1, -0.05) is 5.16 Å². The molecular weight excluding hydrogens is 456 g/mol. The molecule has 9 heteroatoms. The minimum Gasteiger partial charge on any atom is -0.481 e. The molecule has 3 aliphatic rings. The van der Waals surface area contributed by atoms with Crippen LogP contribution in [0.1, 0.15) is 69.4 Å². The number of halogens is 2. The summed E-state index contributed by atoms with van der Waals surface area (Å²) in [5.41, 5.74) is 7.09. The van der Waals surface area contributed by atoms with Gasteiger partial charge < -0.3 is 25.0 Å². The molecule has 5 rings (SSSR count). The SMILES string of the molecule is N[C@H]1CC[C@H](CCN2CCC(c3noc4cc(F)c(F)cc34)CC2)CC1.O=C(O)C1CCOCC1. The molecule has 1 aromatic heterocycles. The lowest BCUT2D eigenvalue weighted by molar-refractivity contribution is -0.144. The largest absolute Gasteiger partial charge is 0.481 e. The van der Waals surface area contributed by atoms with Gasteiger partial charge in [0.25, 0.3) is 0 Å². The molecule has 35 heavy (non-hydrogen) atoms. The average molecular weight is 494 g/mol. The molecule has 1 aromatic carbocycles. The third kappa shape index (κ3) is 6.98. The van der Waals surface area contributed by atoms with E-state index in [0.29, 0.717) is 43.1 Å². The summed E-state index contributed by atoms with van der Waals surface area (Å²) >= 11 is 0. The Balaban J connectivity index is 0.000000271. The molecule has 0 unspecified atom stereocenters. The van der Waals surface area contributed by atoms with E-state index in [0.717, 1.165) is 50.2 Å². The van der Waals surface area contributed by atoms with Crippen molar-refractivity contribution in [2.45, 2.75) is 69.7 Å². The standard InChI is InChI=1S/C20H27F2N3O.C6H10O3/c21-17-11-16-19(12-18(17)22)26-24-20(16)14-6-9-25(10-7-14)8-5-13-1-3-15(23)4-2-13;7-6(8)5-1-3-9-4-2-5/h11-15H,1-10,23H2;5H,1-4H2,(H,7,8)/t13-,15-;. The van der Waals surface area contributed by atoms with Crippen LogP contribution in [0, 0.1) is 23.5 Å². The minimum absolute atomic E-state index is 0.154. The lowest BCUT2D eigenvalue weighted by atomic mass is 9.84. The number of rotatable bonds is 5. The van der Waals surface area contributed by atoms with Crippen LogP contribution in [0.3, 0.4) is 0 Å². The highest BCUT2D eigenvalue weighted by molar-refractivity contribution is 5.80. The van der Waals surface area contributed by atoms with Crippen LogP contribution in [0.5, 0.6) is 0 Å². The number of aliphatic carboxylic acids is 1. The first-order valence-corrected chi connectivity index (χ1v) is 12.9. The zero-order valence-corrected chi connectivity index (χ0v) is 20.3. The van der Waals surface area contributed by atoms with E-state index < -0.39 is 17.6 Å². The summed E-state index contributed by atoms with van der Waals surface area (Å²) in [5.74, 6) is -1.49. The number of likely N-dealkylation sites (tertiary alicyclic amines) is 1. The molecular formula is C26H37F2N3O4.